The van der Waals surface area contributed by atoms with Gasteiger partial charge in [-0.05, 0) is 30.0 Å². The zero-order valence-electron chi connectivity index (χ0n) is 10.8. The molecular weight excluding hydrogens is 276 g/mol. The number of fused-ring (bicyclic) bond motifs is 1. The van der Waals surface area contributed by atoms with Crippen LogP contribution in [0.25, 0.3) is 0 Å². The quantitative estimate of drug-likeness (QED) is 0.875. The van der Waals surface area contributed by atoms with Gasteiger partial charge in [0.1, 0.15) is 0 Å². The second-order valence-corrected chi connectivity index (χ2v) is 5.33. The third kappa shape index (κ3) is 3.02. The van der Waals surface area contributed by atoms with Crippen LogP contribution in [0.3, 0.4) is 0 Å². The first kappa shape index (κ1) is 13.2. The molecule has 0 saturated heterocycles. The zero-order valence-corrected chi connectivity index (χ0v) is 11.6. The van der Waals surface area contributed by atoms with Crippen molar-refractivity contribution in [2.75, 3.05) is 13.2 Å². The zero-order chi connectivity index (χ0) is 13.8. The van der Waals surface area contributed by atoms with E-state index in [-0.39, 0.29) is 6.61 Å². The fourth-order valence-electron chi connectivity index (χ4n) is 1.79. The van der Waals surface area contributed by atoms with Gasteiger partial charge < -0.3 is 14.6 Å². The van der Waals surface area contributed by atoms with Crippen LogP contribution in [0.1, 0.15) is 12.0 Å². The number of nitrogens with zero attached hydrogens (tertiary/aromatic N) is 2. The lowest BCUT2D eigenvalue weighted by atomic mass is 10.3. The molecule has 104 valence electrons. The first-order valence-electron chi connectivity index (χ1n) is 6.34. The van der Waals surface area contributed by atoms with E-state index in [2.05, 4.69) is 9.97 Å². The Morgan fingerprint density at radius 3 is 2.60 bits per heavy atom. The molecule has 5 nitrogen and oxygen atoms in total. The maximum absolute atomic E-state index is 8.96. The van der Waals surface area contributed by atoms with Gasteiger partial charge in [0.2, 0.25) is 0 Å². The van der Waals surface area contributed by atoms with Crippen LogP contribution < -0.4 is 9.47 Å². The molecule has 1 aromatic carbocycles. The summed E-state index contributed by atoms with van der Waals surface area (Å²) in [5.41, 5.74) is 0.702. The van der Waals surface area contributed by atoms with Gasteiger partial charge in [0.15, 0.2) is 16.7 Å². The SMILES string of the molecule is OCc1cnc(Sc2ccc3c(c2)OCCCO3)nc1. The van der Waals surface area contributed by atoms with E-state index in [9.17, 15) is 0 Å². The molecule has 0 saturated carbocycles. The summed E-state index contributed by atoms with van der Waals surface area (Å²) in [6.07, 6.45) is 4.14. The van der Waals surface area contributed by atoms with Gasteiger partial charge in [0.25, 0.3) is 0 Å². The molecule has 2 aromatic rings. The molecule has 0 aliphatic carbocycles. The summed E-state index contributed by atoms with van der Waals surface area (Å²) in [6, 6.07) is 5.81. The van der Waals surface area contributed by atoms with Gasteiger partial charge in [0.05, 0.1) is 19.8 Å². The van der Waals surface area contributed by atoms with Gasteiger partial charge in [-0.2, -0.15) is 0 Å². The molecule has 0 bridgehead atoms. The summed E-state index contributed by atoms with van der Waals surface area (Å²) in [6.45, 7) is 1.31. The van der Waals surface area contributed by atoms with E-state index in [1.54, 1.807) is 12.4 Å². The van der Waals surface area contributed by atoms with Crippen molar-refractivity contribution in [1.29, 1.82) is 0 Å². The van der Waals surface area contributed by atoms with Crippen LogP contribution in [-0.2, 0) is 6.61 Å². The number of hydrogen-bond acceptors (Lipinski definition) is 6. The second-order valence-electron chi connectivity index (χ2n) is 4.29. The van der Waals surface area contributed by atoms with Gasteiger partial charge in [-0.25, -0.2) is 9.97 Å². The first-order chi connectivity index (χ1) is 9.85. The van der Waals surface area contributed by atoms with Crippen molar-refractivity contribution < 1.29 is 14.6 Å². The standard InChI is InChI=1S/C14H14N2O3S/c17-9-10-7-15-14(16-8-10)20-11-2-3-12-13(6-11)19-5-1-4-18-12/h2-3,6-8,17H,1,4-5,9H2. The van der Waals surface area contributed by atoms with Crippen LogP contribution in [0.5, 0.6) is 11.5 Å². The van der Waals surface area contributed by atoms with Crippen molar-refractivity contribution in [2.24, 2.45) is 0 Å². The molecule has 1 aliphatic heterocycles. The Morgan fingerprint density at radius 1 is 1.10 bits per heavy atom. The summed E-state index contributed by atoms with van der Waals surface area (Å²) < 4.78 is 11.2. The van der Waals surface area contributed by atoms with Crippen LogP contribution in [0, 0.1) is 0 Å². The van der Waals surface area contributed by atoms with Crippen LogP contribution in [0.2, 0.25) is 0 Å². The minimum Gasteiger partial charge on any atom is -0.490 e. The normalized spacial score (nSPS) is 13.8. The molecule has 1 N–H and O–H groups in total. The molecular formula is C14H14N2O3S. The monoisotopic (exact) mass is 290 g/mol. The highest BCUT2D eigenvalue weighted by Crippen LogP contribution is 2.35. The number of benzene rings is 1. The van der Waals surface area contributed by atoms with Gasteiger partial charge >= 0.3 is 0 Å². The van der Waals surface area contributed by atoms with Crippen LogP contribution in [-0.4, -0.2) is 28.3 Å². The number of aliphatic hydroxyl groups excluding tert-OH is 1. The van der Waals surface area contributed by atoms with Crippen molar-refractivity contribution in [3.8, 4) is 11.5 Å². The van der Waals surface area contributed by atoms with Gasteiger partial charge in [-0.3, -0.25) is 0 Å². The number of aliphatic hydroxyl groups is 1. The number of ether oxygens (including phenoxy) is 2. The topological polar surface area (TPSA) is 64.5 Å². The van der Waals surface area contributed by atoms with E-state index in [1.807, 2.05) is 18.2 Å². The summed E-state index contributed by atoms with van der Waals surface area (Å²) in [7, 11) is 0. The molecule has 2 heterocycles. The number of hydrogen-bond donors (Lipinski definition) is 1. The summed E-state index contributed by atoms with van der Waals surface area (Å²) in [4.78, 5) is 9.38. The van der Waals surface area contributed by atoms with Gasteiger partial charge in [0, 0.05) is 29.3 Å². The Morgan fingerprint density at radius 2 is 1.85 bits per heavy atom. The molecule has 0 unspecified atom stereocenters. The van der Waals surface area contributed by atoms with Crippen molar-refractivity contribution >= 4 is 11.8 Å². The minimum atomic E-state index is -0.0467. The Bertz CT molecular complexity index is 589. The lowest BCUT2D eigenvalue weighted by Crippen LogP contribution is -1.97. The van der Waals surface area contributed by atoms with Crippen LogP contribution in [0.4, 0.5) is 0 Å². The van der Waals surface area contributed by atoms with Crippen LogP contribution >= 0.6 is 11.8 Å². The Hall–Kier alpha value is -1.79. The van der Waals surface area contributed by atoms with E-state index in [1.165, 1.54) is 11.8 Å². The predicted octanol–water partition coefficient (Wildman–Crippen LogP) is 2.28. The highest BCUT2D eigenvalue weighted by atomic mass is 32.2. The highest BCUT2D eigenvalue weighted by Gasteiger charge is 2.11. The molecule has 0 amide bonds. The maximum Gasteiger partial charge on any atom is 0.192 e. The van der Waals surface area contributed by atoms with Crippen LogP contribution in [0.15, 0.2) is 40.6 Å². The van der Waals surface area contributed by atoms with Gasteiger partial charge in [-0.15, -0.1) is 0 Å². The van der Waals surface area contributed by atoms with Gasteiger partial charge in [-0.1, -0.05) is 0 Å². The third-order valence-corrected chi connectivity index (χ3v) is 3.68. The van der Waals surface area contributed by atoms with Crippen molar-refractivity contribution in [3.05, 3.63) is 36.2 Å². The molecule has 0 fully saturated rings. The first-order valence-corrected chi connectivity index (χ1v) is 7.16. The Labute approximate surface area is 121 Å². The molecule has 0 spiro atoms. The molecule has 1 aromatic heterocycles. The molecule has 1 aliphatic rings. The molecule has 6 heteroatoms. The van der Waals surface area contributed by atoms with Crippen molar-refractivity contribution in [1.82, 2.24) is 9.97 Å². The third-order valence-electron chi connectivity index (χ3n) is 2.79. The average molecular weight is 290 g/mol. The Balaban J connectivity index is 1.78. The summed E-state index contributed by atoms with van der Waals surface area (Å²) in [5.74, 6) is 1.54. The summed E-state index contributed by atoms with van der Waals surface area (Å²) in [5, 5.41) is 9.60. The molecule has 3 rings (SSSR count). The predicted molar refractivity (Wildman–Crippen MR) is 74.1 cm³/mol. The van der Waals surface area contributed by atoms with E-state index < -0.39 is 0 Å². The fraction of sp³-hybridized carbons (Fsp3) is 0.286. The summed E-state index contributed by atoms with van der Waals surface area (Å²) >= 11 is 1.45. The second kappa shape index (κ2) is 6.11. The van der Waals surface area contributed by atoms with Crippen molar-refractivity contribution in [3.63, 3.8) is 0 Å². The number of aromatic nitrogens is 2. The van der Waals surface area contributed by atoms with Crippen molar-refractivity contribution in [2.45, 2.75) is 23.1 Å². The smallest absolute Gasteiger partial charge is 0.192 e. The Kier molecular flexibility index (Phi) is 4.03. The molecule has 20 heavy (non-hydrogen) atoms. The van der Waals surface area contributed by atoms with E-state index in [0.29, 0.717) is 23.9 Å². The minimum absolute atomic E-state index is 0.0467. The van der Waals surface area contributed by atoms with E-state index in [4.69, 9.17) is 14.6 Å². The fourth-order valence-corrected chi connectivity index (χ4v) is 2.51. The average Bonchev–Trinajstić information content (AvgIpc) is 2.73. The van der Waals surface area contributed by atoms with E-state index in [0.717, 1.165) is 22.8 Å². The lowest BCUT2D eigenvalue weighted by Gasteiger charge is -2.08. The molecule has 0 atom stereocenters. The number of rotatable bonds is 3. The van der Waals surface area contributed by atoms with E-state index >= 15 is 0 Å². The largest absolute Gasteiger partial charge is 0.490 e. The highest BCUT2D eigenvalue weighted by molar-refractivity contribution is 7.99. The maximum atomic E-state index is 8.96. The lowest BCUT2D eigenvalue weighted by molar-refractivity contribution is 0.280. The molecule has 0 radical (unpaired) electrons.